The van der Waals surface area contributed by atoms with E-state index in [4.69, 9.17) is 5.11 Å². The third-order valence-electron chi connectivity index (χ3n) is 4.99. The first-order valence-corrected chi connectivity index (χ1v) is 9.98. The highest BCUT2D eigenvalue weighted by molar-refractivity contribution is 5.97. The van der Waals surface area contributed by atoms with Crippen LogP contribution in [0.5, 0.6) is 0 Å². The zero-order chi connectivity index (χ0) is 21.4. The van der Waals surface area contributed by atoms with Gasteiger partial charge in [-0.2, -0.15) is 0 Å². The molecule has 0 saturated heterocycles. The average Bonchev–Trinajstić information content (AvgIpc) is 2.71. The Morgan fingerprint density at radius 2 is 1.55 bits per heavy atom. The fourth-order valence-corrected chi connectivity index (χ4v) is 3.17. The average molecular weight is 395 g/mol. The summed E-state index contributed by atoms with van der Waals surface area (Å²) in [6.07, 6.45) is 0.942. The van der Waals surface area contributed by atoms with Crippen molar-refractivity contribution >= 4 is 17.7 Å². The number of Topliss-reactive ketones (excluding diaryl/α,β-unsaturated/α-hetero) is 1. The van der Waals surface area contributed by atoms with Crippen LogP contribution in [0.2, 0.25) is 0 Å². The van der Waals surface area contributed by atoms with Gasteiger partial charge in [-0.05, 0) is 30.9 Å². The summed E-state index contributed by atoms with van der Waals surface area (Å²) >= 11 is 0. The van der Waals surface area contributed by atoms with E-state index in [0.717, 1.165) is 11.1 Å². The SMILES string of the molecule is CC(C)C(=O)c1ccc(C(C)C(=O)NC(CCC(=O)O)Cc2ccccc2)cc1. The second-order valence-electron chi connectivity index (χ2n) is 7.69. The number of carbonyl (C=O) groups excluding carboxylic acids is 2. The number of benzene rings is 2. The van der Waals surface area contributed by atoms with Gasteiger partial charge in [0.15, 0.2) is 5.78 Å². The van der Waals surface area contributed by atoms with Crippen LogP contribution in [-0.2, 0) is 16.0 Å². The second-order valence-corrected chi connectivity index (χ2v) is 7.69. The number of nitrogens with one attached hydrogen (secondary N) is 1. The van der Waals surface area contributed by atoms with Crippen molar-refractivity contribution in [3.63, 3.8) is 0 Å². The van der Waals surface area contributed by atoms with Crippen LogP contribution in [0.3, 0.4) is 0 Å². The summed E-state index contributed by atoms with van der Waals surface area (Å²) in [4.78, 5) is 35.9. The molecule has 154 valence electrons. The molecule has 2 atom stereocenters. The Hall–Kier alpha value is -2.95. The third-order valence-corrected chi connectivity index (χ3v) is 4.99. The number of carbonyl (C=O) groups is 3. The maximum absolute atomic E-state index is 12.8. The van der Waals surface area contributed by atoms with Gasteiger partial charge in [0.25, 0.3) is 0 Å². The number of amides is 1. The van der Waals surface area contributed by atoms with E-state index in [-0.39, 0.29) is 30.1 Å². The van der Waals surface area contributed by atoms with Gasteiger partial charge in [-0.25, -0.2) is 0 Å². The van der Waals surface area contributed by atoms with Crippen molar-refractivity contribution in [3.05, 3.63) is 71.3 Å². The fraction of sp³-hybridized carbons (Fsp3) is 0.375. The van der Waals surface area contributed by atoms with E-state index in [1.54, 1.807) is 12.1 Å². The molecule has 5 heteroatoms. The molecule has 0 aliphatic carbocycles. The van der Waals surface area contributed by atoms with Gasteiger partial charge < -0.3 is 10.4 Å². The standard InChI is InChI=1S/C24H29NO4/c1-16(2)23(28)20-11-9-19(10-12-20)17(3)24(29)25-21(13-14-22(26)27)15-18-7-5-4-6-8-18/h4-12,16-17,21H,13-15H2,1-3H3,(H,25,29)(H,26,27). The second kappa shape index (κ2) is 10.6. The Balaban J connectivity index is 2.06. The Labute approximate surface area is 172 Å². The Morgan fingerprint density at radius 1 is 0.931 bits per heavy atom. The molecule has 0 aromatic heterocycles. The first-order chi connectivity index (χ1) is 13.8. The summed E-state index contributed by atoms with van der Waals surface area (Å²) in [5, 5.41) is 12.0. The first-order valence-electron chi connectivity index (χ1n) is 9.98. The Bertz CT molecular complexity index is 828. The van der Waals surface area contributed by atoms with Gasteiger partial charge in [0.2, 0.25) is 5.91 Å². The van der Waals surface area contributed by atoms with Crippen LogP contribution in [-0.4, -0.2) is 28.8 Å². The molecule has 0 radical (unpaired) electrons. The van der Waals surface area contributed by atoms with Crippen molar-refractivity contribution in [2.24, 2.45) is 5.92 Å². The van der Waals surface area contributed by atoms with Gasteiger partial charge in [-0.1, -0.05) is 68.4 Å². The lowest BCUT2D eigenvalue weighted by Gasteiger charge is -2.21. The first kappa shape index (κ1) is 22.3. The van der Waals surface area contributed by atoms with Crippen molar-refractivity contribution in [1.82, 2.24) is 5.32 Å². The zero-order valence-electron chi connectivity index (χ0n) is 17.2. The minimum Gasteiger partial charge on any atom is -0.481 e. The molecule has 0 aliphatic heterocycles. The molecular weight excluding hydrogens is 366 g/mol. The lowest BCUT2D eigenvalue weighted by Crippen LogP contribution is -2.39. The van der Waals surface area contributed by atoms with Gasteiger partial charge in [-0.15, -0.1) is 0 Å². The van der Waals surface area contributed by atoms with Gasteiger partial charge in [-0.3, -0.25) is 14.4 Å². The minimum absolute atomic E-state index is 0.00181. The van der Waals surface area contributed by atoms with E-state index >= 15 is 0 Å². The molecule has 0 spiro atoms. The van der Waals surface area contributed by atoms with Crippen LogP contribution in [0.4, 0.5) is 0 Å². The van der Waals surface area contributed by atoms with Crippen LogP contribution in [0.1, 0.15) is 61.0 Å². The summed E-state index contributed by atoms with van der Waals surface area (Å²) in [6, 6.07) is 16.6. The predicted molar refractivity (Wildman–Crippen MR) is 113 cm³/mol. The molecule has 2 aromatic carbocycles. The summed E-state index contributed by atoms with van der Waals surface area (Å²) in [7, 11) is 0. The molecule has 5 nitrogen and oxygen atoms in total. The summed E-state index contributed by atoms with van der Waals surface area (Å²) in [5.41, 5.74) is 2.51. The summed E-state index contributed by atoms with van der Waals surface area (Å²) < 4.78 is 0. The minimum atomic E-state index is -0.879. The molecule has 1 amide bonds. The number of hydrogen-bond donors (Lipinski definition) is 2. The van der Waals surface area contributed by atoms with Crippen molar-refractivity contribution in [2.75, 3.05) is 0 Å². The van der Waals surface area contributed by atoms with E-state index in [2.05, 4.69) is 5.32 Å². The third kappa shape index (κ3) is 6.86. The molecule has 2 N–H and O–H groups in total. The number of rotatable bonds is 10. The van der Waals surface area contributed by atoms with Gasteiger partial charge in [0, 0.05) is 23.9 Å². The monoisotopic (exact) mass is 395 g/mol. The number of ketones is 1. The van der Waals surface area contributed by atoms with Crippen LogP contribution >= 0.6 is 0 Å². The highest BCUT2D eigenvalue weighted by Crippen LogP contribution is 2.19. The molecule has 2 aromatic rings. The maximum Gasteiger partial charge on any atom is 0.303 e. The number of hydrogen-bond acceptors (Lipinski definition) is 3. The molecule has 2 unspecified atom stereocenters. The zero-order valence-corrected chi connectivity index (χ0v) is 17.2. The maximum atomic E-state index is 12.8. The fourth-order valence-electron chi connectivity index (χ4n) is 3.17. The van der Waals surface area contributed by atoms with E-state index in [0.29, 0.717) is 18.4 Å². The summed E-state index contributed by atoms with van der Waals surface area (Å²) in [6.45, 7) is 5.53. The van der Waals surface area contributed by atoms with E-state index in [1.165, 1.54) is 0 Å². The smallest absolute Gasteiger partial charge is 0.303 e. The van der Waals surface area contributed by atoms with E-state index in [9.17, 15) is 14.4 Å². The van der Waals surface area contributed by atoms with Gasteiger partial charge >= 0.3 is 5.97 Å². The quantitative estimate of drug-likeness (QED) is 0.590. The normalized spacial score (nSPS) is 13.0. The predicted octanol–water partition coefficient (Wildman–Crippen LogP) is 4.22. The summed E-state index contributed by atoms with van der Waals surface area (Å²) in [5.74, 6) is -1.43. The topological polar surface area (TPSA) is 83.5 Å². The van der Waals surface area contributed by atoms with Gasteiger partial charge in [0.1, 0.15) is 0 Å². The number of aliphatic carboxylic acids is 1. The van der Waals surface area contributed by atoms with Crippen molar-refractivity contribution in [1.29, 1.82) is 0 Å². The lowest BCUT2D eigenvalue weighted by molar-refractivity contribution is -0.137. The van der Waals surface area contributed by atoms with E-state index in [1.807, 2.05) is 63.2 Å². The highest BCUT2D eigenvalue weighted by atomic mass is 16.4. The van der Waals surface area contributed by atoms with Crippen molar-refractivity contribution in [3.8, 4) is 0 Å². The molecular formula is C24H29NO4. The van der Waals surface area contributed by atoms with Crippen LogP contribution in [0.15, 0.2) is 54.6 Å². The van der Waals surface area contributed by atoms with E-state index < -0.39 is 11.9 Å². The Kier molecular flexibility index (Phi) is 8.13. The van der Waals surface area contributed by atoms with Crippen molar-refractivity contribution < 1.29 is 19.5 Å². The highest BCUT2D eigenvalue weighted by Gasteiger charge is 2.21. The molecule has 0 heterocycles. The molecule has 29 heavy (non-hydrogen) atoms. The van der Waals surface area contributed by atoms with Crippen LogP contribution in [0, 0.1) is 5.92 Å². The van der Waals surface area contributed by atoms with Crippen molar-refractivity contribution in [2.45, 2.75) is 52.0 Å². The van der Waals surface area contributed by atoms with Crippen LogP contribution in [0.25, 0.3) is 0 Å². The Morgan fingerprint density at radius 3 is 2.10 bits per heavy atom. The number of carboxylic acid groups (broad SMARTS) is 1. The molecule has 0 aliphatic rings. The lowest BCUT2D eigenvalue weighted by atomic mass is 9.94. The molecule has 0 fully saturated rings. The molecule has 0 saturated carbocycles. The largest absolute Gasteiger partial charge is 0.481 e. The molecule has 2 rings (SSSR count). The van der Waals surface area contributed by atoms with Crippen LogP contribution < -0.4 is 5.32 Å². The molecule has 0 bridgehead atoms. The van der Waals surface area contributed by atoms with Gasteiger partial charge in [0.05, 0.1) is 5.92 Å². The number of carboxylic acids is 1.